The Labute approximate surface area is 241 Å². The van der Waals surface area contributed by atoms with Crippen molar-refractivity contribution < 1.29 is 14.4 Å². The van der Waals surface area contributed by atoms with Gasteiger partial charge in [0.1, 0.15) is 12.4 Å². The van der Waals surface area contributed by atoms with Gasteiger partial charge >= 0.3 is 0 Å². The van der Waals surface area contributed by atoms with Crippen molar-refractivity contribution >= 4 is 35.4 Å². The molecule has 0 fully saturated rings. The first-order valence-corrected chi connectivity index (χ1v) is 14.1. The number of pyridine rings is 1. The first-order valence-electron chi connectivity index (χ1n) is 14.1. The molecule has 8 nitrogen and oxygen atoms in total. The zero-order chi connectivity index (χ0) is 29.4. The molecule has 212 valence electrons. The number of rotatable bonds is 7. The van der Waals surface area contributed by atoms with Crippen molar-refractivity contribution in [2.45, 2.75) is 65.5 Å². The third kappa shape index (κ3) is 5.78. The molecule has 2 N–H and O–H groups in total. The van der Waals surface area contributed by atoms with Gasteiger partial charge in [-0.25, -0.2) is 4.98 Å². The van der Waals surface area contributed by atoms with Crippen LogP contribution in [-0.2, 0) is 39.2 Å². The van der Waals surface area contributed by atoms with E-state index in [-0.39, 0.29) is 30.3 Å². The molecule has 1 atom stereocenters. The summed E-state index contributed by atoms with van der Waals surface area (Å²) in [5, 5.41) is 5.91. The van der Waals surface area contributed by atoms with Crippen LogP contribution >= 0.6 is 0 Å². The number of aliphatic imine (C=N–C) groups is 1. The Morgan fingerprint density at radius 3 is 2.61 bits per heavy atom. The standard InChI is InChI=1S/C33H37N5O3/c1-21(2)35-18-23-9-6-7-10-24(23)19-38(31(41)32(3,4)5)20-28(39)36-26-13-12-22-16-33(17-25(22)15-26)27-11-8-14-34-29(27)37-30(33)40/h6-15,18,21H,16-17,19-20H2,1-5H3,(H,36,39)(H,34,37,40)/b35-18+. The fourth-order valence-electron chi connectivity index (χ4n) is 5.63. The fourth-order valence-corrected chi connectivity index (χ4v) is 5.63. The zero-order valence-electron chi connectivity index (χ0n) is 24.3. The summed E-state index contributed by atoms with van der Waals surface area (Å²) < 4.78 is 0. The molecule has 8 heteroatoms. The van der Waals surface area contributed by atoms with Gasteiger partial charge in [0.25, 0.3) is 0 Å². The second-order valence-electron chi connectivity index (χ2n) is 12.3. The number of nitrogens with zero attached hydrogens (tertiary/aromatic N) is 3. The van der Waals surface area contributed by atoms with E-state index in [0.717, 1.165) is 27.8 Å². The second-order valence-corrected chi connectivity index (χ2v) is 12.3. The maximum absolute atomic E-state index is 13.4. The van der Waals surface area contributed by atoms with Gasteiger partial charge in [0.15, 0.2) is 0 Å². The lowest BCUT2D eigenvalue weighted by molar-refractivity contribution is -0.142. The first kappa shape index (κ1) is 28.2. The number of carbonyl (C=O) groups is 3. The van der Waals surface area contributed by atoms with E-state index in [0.29, 0.717) is 30.9 Å². The third-order valence-electron chi connectivity index (χ3n) is 7.66. The molecular weight excluding hydrogens is 514 g/mol. The highest BCUT2D eigenvalue weighted by Gasteiger charge is 2.51. The lowest BCUT2D eigenvalue weighted by Crippen LogP contribution is -2.43. The summed E-state index contributed by atoms with van der Waals surface area (Å²) >= 11 is 0. The number of hydrogen-bond donors (Lipinski definition) is 2. The zero-order valence-corrected chi connectivity index (χ0v) is 24.3. The van der Waals surface area contributed by atoms with Crippen LogP contribution < -0.4 is 10.6 Å². The second kappa shape index (κ2) is 10.9. The normalized spacial score (nSPS) is 17.6. The summed E-state index contributed by atoms with van der Waals surface area (Å²) in [5.74, 6) is 0.193. The van der Waals surface area contributed by atoms with E-state index in [9.17, 15) is 14.4 Å². The van der Waals surface area contributed by atoms with Gasteiger partial charge in [0, 0.05) is 41.7 Å². The largest absolute Gasteiger partial charge is 0.329 e. The summed E-state index contributed by atoms with van der Waals surface area (Å²) in [6.45, 7) is 9.79. The molecule has 2 aliphatic rings. The van der Waals surface area contributed by atoms with Crippen molar-refractivity contribution in [1.82, 2.24) is 9.88 Å². The average molecular weight is 552 g/mol. The Balaban J connectivity index is 1.33. The lowest BCUT2D eigenvalue weighted by Gasteiger charge is -2.29. The van der Waals surface area contributed by atoms with Gasteiger partial charge in [-0.1, -0.05) is 57.2 Å². The molecule has 0 saturated heterocycles. The summed E-state index contributed by atoms with van der Waals surface area (Å²) in [4.78, 5) is 50.2. The molecule has 1 aliphatic carbocycles. The minimum Gasteiger partial charge on any atom is -0.329 e. The summed E-state index contributed by atoms with van der Waals surface area (Å²) in [7, 11) is 0. The van der Waals surface area contributed by atoms with E-state index < -0.39 is 10.8 Å². The summed E-state index contributed by atoms with van der Waals surface area (Å²) in [5.41, 5.74) is 4.19. The average Bonchev–Trinajstić information content (AvgIpc) is 3.43. The number of benzene rings is 2. The van der Waals surface area contributed by atoms with Crippen LogP contribution in [0, 0.1) is 5.41 Å². The van der Waals surface area contributed by atoms with E-state index in [1.165, 1.54) is 0 Å². The molecule has 1 aromatic heterocycles. The predicted molar refractivity (Wildman–Crippen MR) is 161 cm³/mol. The SMILES string of the molecule is CC(C)/N=C/c1ccccc1CN(CC(=O)Nc1ccc2c(c1)CC1(C2)C(=O)Nc2ncccc21)C(=O)C(C)(C)C. The smallest absolute Gasteiger partial charge is 0.244 e. The van der Waals surface area contributed by atoms with E-state index in [1.54, 1.807) is 11.1 Å². The topological polar surface area (TPSA) is 104 Å². The summed E-state index contributed by atoms with van der Waals surface area (Å²) in [6, 6.07) is 17.6. The number of hydrogen-bond acceptors (Lipinski definition) is 5. The van der Waals surface area contributed by atoms with Gasteiger partial charge in [-0.3, -0.25) is 19.4 Å². The molecule has 5 rings (SSSR count). The Hall–Kier alpha value is -4.33. The third-order valence-corrected chi connectivity index (χ3v) is 7.66. The first-order chi connectivity index (χ1) is 19.5. The molecule has 3 amide bonds. The molecule has 41 heavy (non-hydrogen) atoms. The van der Waals surface area contributed by atoms with Crippen molar-refractivity contribution in [3.05, 3.63) is 88.6 Å². The van der Waals surface area contributed by atoms with Crippen molar-refractivity contribution in [2.24, 2.45) is 10.4 Å². The van der Waals surface area contributed by atoms with Crippen LogP contribution in [-0.4, -0.2) is 46.4 Å². The highest BCUT2D eigenvalue weighted by Crippen LogP contribution is 2.46. The predicted octanol–water partition coefficient (Wildman–Crippen LogP) is 4.91. The molecule has 1 unspecified atom stereocenters. The number of aromatic nitrogens is 1. The van der Waals surface area contributed by atoms with Gasteiger partial charge < -0.3 is 15.5 Å². The van der Waals surface area contributed by atoms with Crippen LogP contribution in [0.2, 0.25) is 0 Å². The van der Waals surface area contributed by atoms with E-state index in [2.05, 4.69) is 20.6 Å². The van der Waals surface area contributed by atoms with Crippen LogP contribution in [0.4, 0.5) is 11.5 Å². The van der Waals surface area contributed by atoms with Crippen LogP contribution in [0.1, 0.15) is 62.4 Å². The van der Waals surface area contributed by atoms with Crippen LogP contribution in [0.3, 0.4) is 0 Å². The van der Waals surface area contributed by atoms with Gasteiger partial charge in [0.05, 0.1) is 5.41 Å². The lowest BCUT2D eigenvalue weighted by atomic mass is 9.79. The Morgan fingerprint density at radius 1 is 1.10 bits per heavy atom. The van der Waals surface area contributed by atoms with E-state index in [4.69, 9.17) is 0 Å². The molecule has 3 aromatic rings. The minimum atomic E-state index is -0.670. The van der Waals surface area contributed by atoms with Crippen LogP contribution in [0.5, 0.6) is 0 Å². The molecule has 1 spiro atoms. The Kier molecular flexibility index (Phi) is 7.51. The molecule has 2 heterocycles. The maximum Gasteiger partial charge on any atom is 0.244 e. The fraction of sp³-hybridized carbons (Fsp3) is 0.364. The van der Waals surface area contributed by atoms with Crippen molar-refractivity contribution in [2.75, 3.05) is 17.2 Å². The molecule has 2 aromatic carbocycles. The number of fused-ring (bicyclic) bond motifs is 3. The molecular formula is C33H37N5O3. The van der Waals surface area contributed by atoms with E-state index >= 15 is 0 Å². The number of carbonyl (C=O) groups excluding carboxylic acids is 3. The number of nitrogens with one attached hydrogen (secondary N) is 2. The quantitative estimate of drug-likeness (QED) is 0.407. The van der Waals surface area contributed by atoms with Crippen LogP contribution in [0.15, 0.2) is 65.8 Å². The van der Waals surface area contributed by atoms with Crippen molar-refractivity contribution in [1.29, 1.82) is 0 Å². The highest BCUT2D eigenvalue weighted by atomic mass is 16.2. The maximum atomic E-state index is 13.4. The molecule has 0 bridgehead atoms. The molecule has 0 saturated carbocycles. The molecule has 1 aliphatic heterocycles. The van der Waals surface area contributed by atoms with Gasteiger partial charge in [0.2, 0.25) is 17.7 Å². The number of anilines is 2. The molecule has 0 radical (unpaired) electrons. The monoisotopic (exact) mass is 551 g/mol. The highest BCUT2D eigenvalue weighted by molar-refractivity contribution is 6.06. The Bertz CT molecular complexity index is 1540. The Morgan fingerprint density at radius 2 is 1.85 bits per heavy atom. The van der Waals surface area contributed by atoms with Crippen LogP contribution in [0.25, 0.3) is 0 Å². The number of amides is 3. The van der Waals surface area contributed by atoms with E-state index in [1.807, 2.05) is 95.4 Å². The van der Waals surface area contributed by atoms with Crippen molar-refractivity contribution in [3.8, 4) is 0 Å². The minimum absolute atomic E-state index is 0.0389. The van der Waals surface area contributed by atoms with Gasteiger partial charge in [-0.15, -0.1) is 0 Å². The van der Waals surface area contributed by atoms with Crippen molar-refractivity contribution in [3.63, 3.8) is 0 Å². The van der Waals surface area contributed by atoms with Gasteiger partial charge in [-0.2, -0.15) is 0 Å². The van der Waals surface area contributed by atoms with Gasteiger partial charge in [-0.05, 0) is 67.1 Å². The summed E-state index contributed by atoms with van der Waals surface area (Å²) in [6.07, 6.45) is 4.64.